The van der Waals surface area contributed by atoms with Crippen LogP contribution in [-0.2, 0) is 11.3 Å². The maximum atomic E-state index is 12.4. The van der Waals surface area contributed by atoms with Crippen molar-refractivity contribution in [2.24, 2.45) is 0 Å². The number of nitrogens with one attached hydrogen (secondary N) is 1. The smallest absolute Gasteiger partial charge is 0.250 e. The van der Waals surface area contributed by atoms with Crippen molar-refractivity contribution in [1.29, 1.82) is 0 Å². The van der Waals surface area contributed by atoms with E-state index in [0.717, 1.165) is 11.1 Å². The first-order valence-electron chi connectivity index (χ1n) is 7.61. The van der Waals surface area contributed by atoms with Gasteiger partial charge in [0.15, 0.2) is 5.82 Å². The van der Waals surface area contributed by atoms with Gasteiger partial charge >= 0.3 is 0 Å². The molecule has 124 valence electrons. The minimum Gasteiger partial charge on any atom is -0.306 e. The Morgan fingerprint density at radius 2 is 2.04 bits per heavy atom. The van der Waals surface area contributed by atoms with Crippen LogP contribution in [0.5, 0.6) is 0 Å². The van der Waals surface area contributed by atoms with Crippen LogP contribution in [0.3, 0.4) is 0 Å². The van der Waals surface area contributed by atoms with Crippen molar-refractivity contribution < 1.29 is 4.79 Å². The second kappa shape index (κ2) is 6.88. The molecule has 0 spiro atoms. The Morgan fingerprint density at radius 3 is 2.71 bits per heavy atom. The Labute approximate surface area is 145 Å². The van der Waals surface area contributed by atoms with Gasteiger partial charge in [-0.15, -0.1) is 0 Å². The molecule has 1 atom stereocenters. The molecule has 3 rings (SSSR count). The lowest BCUT2D eigenvalue weighted by molar-refractivity contribution is -0.119. The zero-order valence-corrected chi connectivity index (χ0v) is 14.2. The molecule has 2 aromatic heterocycles. The quantitative estimate of drug-likeness (QED) is 0.773. The zero-order valence-electron chi connectivity index (χ0n) is 13.5. The zero-order chi connectivity index (χ0) is 17.1. The molecule has 0 bridgehead atoms. The molecule has 0 saturated carbocycles. The fourth-order valence-electron chi connectivity index (χ4n) is 2.32. The van der Waals surface area contributed by atoms with E-state index in [9.17, 15) is 4.79 Å². The van der Waals surface area contributed by atoms with E-state index in [1.54, 1.807) is 28.7 Å². The average molecular weight is 344 g/mol. The molecule has 1 amide bonds. The highest BCUT2D eigenvalue weighted by Crippen LogP contribution is 2.21. The summed E-state index contributed by atoms with van der Waals surface area (Å²) >= 11 is 6.19. The van der Waals surface area contributed by atoms with Crippen LogP contribution in [0.4, 0.5) is 5.82 Å². The highest BCUT2D eigenvalue weighted by atomic mass is 35.5. The molecule has 1 aromatic carbocycles. The van der Waals surface area contributed by atoms with Crippen molar-refractivity contribution in [1.82, 2.24) is 19.6 Å². The van der Waals surface area contributed by atoms with Crippen LogP contribution in [0.1, 0.15) is 24.1 Å². The number of hydrogen-bond donors (Lipinski definition) is 1. The second-order valence-electron chi connectivity index (χ2n) is 5.67. The number of amides is 1. The third-order valence-corrected chi connectivity index (χ3v) is 3.93. The van der Waals surface area contributed by atoms with Crippen LogP contribution in [0.25, 0.3) is 0 Å². The molecular weight excluding hydrogens is 326 g/mol. The molecule has 0 aliphatic carbocycles. The van der Waals surface area contributed by atoms with E-state index in [1.807, 2.05) is 43.5 Å². The Kier molecular flexibility index (Phi) is 4.66. The van der Waals surface area contributed by atoms with Gasteiger partial charge in [-0.05, 0) is 25.0 Å². The number of hydrogen-bond acceptors (Lipinski definition) is 3. The van der Waals surface area contributed by atoms with Crippen LogP contribution in [-0.4, -0.2) is 25.5 Å². The number of benzene rings is 1. The Balaban J connectivity index is 1.70. The Morgan fingerprint density at radius 1 is 1.29 bits per heavy atom. The van der Waals surface area contributed by atoms with Gasteiger partial charge in [-0.2, -0.15) is 10.2 Å². The van der Waals surface area contributed by atoms with Gasteiger partial charge in [-0.3, -0.25) is 14.2 Å². The topological polar surface area (TPSA) is 64.7 Å². The van der Waals surface area contributed by atoms with Gasteiger partial charge < -0.3 is 5.32 Å². The third kappa shape index (κ3) is 3.65. The molecule has 0 radical (unpaired) electrons. The summed E-state index contributed by atoms with van der Waals surface area (Å²) in [6, 6.07) is 9.47. The molecule has 7 heteroatoms. The summed E-state index contributed by atoms with van der Waals surface area (Å²) in [6.07, 6.45) is 5.23. The first-order valence-corrected chi connectivity index (χ1v) is 7.99. The van der Waals surface area contributed by atoms with Crippen molar-refractivity contribution in [3.05, 3.63) is 65.1 Å². The number of aryl methyl sites for hydroxylation is 1. The standard InChI is InChI=1S/C17H18ClN5O/c1-12-8-19-23(9-12)13(2)17(24)20-16-15(18)11-22(21-16)10-14-6-4-3-5-7-14/h3-9,11,13H,10H2,1-2H3,(H,20,21,24). The van der Waals surface area contributed by atoms with E-state index >= 15 is 0 Å². The molecular formula is C17H18ClN5O. The van der Waals surface area contributed by atoms with Crippen molar-refractivity contribution in [2.45, 2.75) is 26.4 Å². The summed E-state index contributed by atoms with van der Waals surface area (Å²) in [6.45, 7) is 4.29. The number of rotatable bonds is 5. The minimum atomic E-state index is -0.450. The number of anilines is 1. The lowest BCUT2D eigenvalue weighted by Gasteiger charge is -2.11. The number of halogens is 1. The average Bonchev–Trinajstić information content (AvgIpc) is 3.14. The predicted octanol–water partition coefficient (Wildman–Crippen LogP) is 3.29. The Hall–Kier alpha value is -2.60. The van der Waals surface area contributed by atoms with Gasteiger partial charge in [-0.25, -0.2) is 0 Å². The van der Waals surface area contributed by atoms with Gasteiger partial charge in [0, 0.05) is 12.4 Å². The summed E-state index contributed by atoms with van der Waals surface area (Å²) < 4.78 is 3.32. The Bertz CT molecular complexity index is 840. The van der Waals surface area contributed by atoms with Gasteiger partial charge in [-0.1, -0.05) is 41.9 Å². The first-order chi connectivity index (χ1) is 11.5. The van der Waals surface area contributed by atoms with Crippen molar-refractivity contribution >= 4 is 23.3 Å². The van der Waals surface area contributed by atoms with Crippen LogP contribution in [0, 0.1) is 6.92 Å². The summed E-state index contributed by atoms with van der Waals surface area (Å²) in [5.74, 6) is 0.137. The number of aromatic nitrogens is 4. The fourth-order valence-corrected chi connectivity index (χ4v) is 2.52. The summed E-state index contributed by atoms with van der Waals surface area (Å²) in [7, 11) is 0. The van der Waals surface area contributed by atoms with E-state index in [0.29, 0.717) is 17.4 Å². The maximum absolute atomic E-state index is 12.4. The predicted molar refractivity (Wildman–Crippen MR) is 93.1 cm³/mol. The lowest BCUT2D eigenvalue weighted by Crippen LogP contribution is -2.24. The highest BCUT2D eigenvalue weighted by Gasteiger charge is 2.18. The molecule has 0 aliphatic rings. The first kappa shape index (κ1) is 16.3. The summed E-state index contributed by atoms with van der Waals surface area (Å²) in [5, 5.41) is 11.7. The lowest BCUT2D eigenvalue weighted by atomic mass is 10.2. The van der Waals surface area contributed by atoms with Crippen molar-refractivity contribution in [3.63, 3.8) is 0 Å². The van der Waals surface area contributed by atoms with Crippen LogP contribution >= 0.6 is 11.6 Å². The maximum Gasteiger partial charge on any atom is 0.250 e. The third-order valence-electron chi connectivity index (χ3n) is 3.65. The molecule has 0 fully saturated rings. The SMILES string of the molecule is Cc1cnn(C(C)C(=O)Nc2nn(Cc3ccccc3)cc2Cl)c1. The number of carbonyl (C=O) groups is 1. The number of nitrogens with zero attached hydrogens (tertiary/aromatic N) is 4. The van der Waals surface area contributed by atoms with Crippen molar-refractivity contribution in [2.75, 3.05) is 5.32 Å². The second-order valence-corrected chi connectivity index (χ2v) is 6.08. The monoisotopic (exact) mass is 343 g/mol. The molecule has 0 aliphatic heterocycles. The highest BCUT2D eigenvalue weighted by molar-refractivity contribution is 6.33. The van der Waals surface area contributed by atoms with E-state index in [-0.39, 0.29) is 5.91 Å². The van der Waals surface area contributed by atoms with Gasteiger partial charge in [0.25, 0.3) is 0 Å². The van der Waals surface area contributed by atoms with Crippen LogP contribution in [0.2, 0.25) is 5.02 Å². The molecule has 2 heterocycles. The molecule has 1 N–H and O–H groups in total. The van der Waals surface area contributed by atoms with Crippen LogP contribution < -0.4 is 5.32 Å². The summed E-state index contributed by atoms with van der Waals surface area (Å²) in [5.41, 5.74) is 2.11. The van der Waals surface area contributed by atoms with E-state index in [1.165, 1.54) is 0 Å². The van der Waals surface area contributed by atoms with Gasteiger partial charge in [0.05, 0.1) is 12.7 Å². The largest absolute Gasteiger partial charge is 0.306 e. The molecule has 6 nitrogen and oxygen atoms in total. The van der Waals surface area contributed by atoms with E-state index in [2.05, 4.69) is 15.5 Å². The molecule has 1 unspecified atom stereocenters. The van der Waals surface area contributed by atoms with Crippen LogP contribution in [0.15, 0.2) is 48.9 Å². The van der Waals surface area contributed by atoms with E-state index in [4.69, 9.17) is 11.6 Å². The molecule has 24 heavy (non-hydrogen) atoms. The normalized spacial score (nSPS) is 12.1. The van der Waals surface area contributed by atoms with Gasteiger partial charge in [0.1, 0.15) is 11.1 Å². The van der Waals surface area contributed by atoms with E-state index < -0.39 is 6.04 Å². The van der Waals surface area contributed by atoms with Crippen molar-refractivity contribution in [3.8, 4) is 0 Å². The summed E-state index contributed by atoms with van der Waals surface area (Å²) in [4.78, 5) is 12.4. The molecule has 3 aromatic rings. The fraction of sp³-hybridized carbons (Fsp3) is 0.235. The minimum absolute atomic E-state index is 0.218. The van der Waals surface area contributed by atoms with Gasteiger partial charge in [0.2, 0.25) is 5.91 Å². The molecule has 0 saturated heterocycles. The number of carbonyl (C=O) groups excluding carboxylic acids is 1.